The number of rotatable bonds is 7. The van der Waals surface area contributed by atoms with Gasteiger partial charge in [0.2, 0.25) is 5.91 Å². The van der Waals surface area contributed by atoms with Crippen LogP contribution >= 0.6 is 0 Å². The summed E-state index contributed by atoms with van der Waals surface area (Å²) in [5, 5.41) is 3.03. The molecule has 122 valence electrons. The van der Waals surface area contributed by atoms with E-state index in [1.165, 1.54) is 7.11 Å². The first kappa shape index (κ1) is 18.0. The third-order valence-corrected chi connectivity index (χ3v) is 4.02. The first-order valence-corrected chi connectivity index (χ1v) is 8.05. The zero-order valence-electron chi connectivity index (χ0n) is 13.9. The van der Waals surface area contributed by atoms with Crippen molar-refractivity contribution in [1.29, 1.82) is 0 Å². The highest BCUT2D eigenvalue weighted by molar-refractivity contribution is 5.80. The van der Waals surface area contributed by atoms with Crippen LogP contribution in [-0.4, -0.2) is 49.1 Å². The molecule has 1 N–H and O–H groups in total. The number of ether oxygens (including phenoxy) is 1. The number of esters is 1. The van der Waals surface area contributed by atoms with Crippen LogP contribution in [0, 0.1) is 5.92 Å². The van der Waals surface area contributed by atoms with E-state index in [0.717, 1.165) is 38.6 Å². The van der Waals surface area contributed by atoms with Gasteiger partial charge in [-0.25, -0.2) is 0 Å². The third kappa shape index (κ3) is 6.46. The molecule has 0 aliphatic carbocycles. The fraction of sp³-hybridized carbons (Fsp3) is 0.875. The molecule has 1 unspecified atom stereocenters. The summed E-state index contributed by atoms with van der Waals surface area (Å²) in [7, 11) is 1.41. The van der Waals surface area contributed by atoms with Gasteiger partial charge in [0.15, 0.2) is 0 Å². The van der Waals surface area contributed by atoms with E-state index in [9.17, 15) is 9.59 Å². The van der Waals surface area contributed by atoms with Crippen LogP contribution in [0.25, 0.3) is 0 Å². The van der Waals surface area contributed by atoms with E-state index < -0.39 is 0 Å². The second kappa shape index (κ2) is 9.03. The highest BCUT2D eigenvalue weighted by Crippen LogP contribution is 2.17. The maximum atomic E-state index is 12.1. The van der Waals surface area contributed by atoms with Gasteiger partial charge in [-0.2, -0.15) is 0 Å². The molecular weight excluding hydrogens is 268 g/mol. The molecule has 1 heterocycles. The smallest absolute Gasteiger partial charge is 0.323 e. The Morgan fingerprint density at radius 3 is 2.57 bits per heavy atom. The number of nitrogens with zero attached hydrogens (tertiary/aromatic N) is 1. The minimum Gasteiger partial charge on any atom is -0.468 e. The van der Waals surface area contributed by atoms with Crippen molar-refractivity contribution in [3.8, 4) is 0 Å². The molecule has 1 aliphatic heterocycles. The Labute approximate surface area is 128 Å². The van der Waals surface area contributed by atoms with Crippen molar-refractivity contribution in [2.24, 2.45) is 5.92 Å². The van der Waals surface area contributed by atoms with Crippen LogP contribution in [0.2, 0.25) is 0 Å². The molecule has 1 amide bonds. The van der Waals surface area contributed by atoms with Gasteiger partial charge >= 0.3 is 5.97 Å². The largest absolute Gasteiger partial charge is 0.468 e. The van der Waals surface area contributed by atoms with Crippen LogP contribution in [0.1, 0.15) is 52.9 Å². The lowest BCUT2D eigenvalue weighted by Gasteiger charge is -2.33. The van der Waals surface area contributed by atoms with Gasteiger partial charge in [0.1, 0.15) is 6.04 Å². The quantitative estimate of drug-likeness (QED) is 0.730. The zero-order chi connectivity index (χ0) is 15.8. The van der Waals surface area contributed by atoms with E-state index in [1.807, 2.05) is 11.8 Å². The summed E-state index contributed by atoms with van der Waals surface area (Å²) >= 11 is 0. The second-order valence-corrected chi connectivity index (χ2v) is 6.44. The summed E-state index contributed by atoms with van der Waals surface area (Å²) in [6.45, 7) is 7.47. The minimum atomic E-state index is -0.263. The van der Waals surface area contributed by atoms with Crippen LogP contribution in [0.4, 0.5) is 0 Å². The molecule has 0 spiro atoms. The zero-order valence-corrected chi connectivity index (χ0v) is 13.9. The molecule has 0 radical (unpaired) electrons. The Hall–Kier alpha value is -1.10. The Morgan fingerprint density at radius 1 is 1.24 bits per heavy atom. The number of carbonyl (C=O) groups excluding carboxylic acids is 2. The number of carbonyl (C=O) groups is 2. The molecule has 0 aromatic carbocycles. The van der Waals surface area contributed by atoms with Gasteiger partial charge in [-0.15, -0.1) is 0 Å². The summed E-state index contributed by atoms with van der Waals surface area (Å²) in [5.41, 5.74) is 0. The van der Waals surface area contributed by atoms with Gasteiger partial charge in [-0.05, 0) is 45.1 Å². The molecule has 5 nitrogen and oxygen atoms in total. The molecule has 1 aliphatic rings. The lowest BCUT2D eigenvalue weighted by atomic mass is 10.0. The first-order valence-electron chi connectivity index (χ1n) is 8.05. The van der Waals surface area contributed by atoms with Crippen molar-refractivity contribution >= 4 is 11.9 Å². The number of piperidine rings is 1. The number of hydrogen-bond acceptors (Lipinski definition) is 4. The summed E-state index contributed by atoms with van der Waals surface area (Å²) in [6.07, 6.45) is 4.93. The standard InChI is InChI=1S/C16H30N2O3/c1-12(2)8-9-13(3)17-15(19)11-18-10-6-5-7-14(18)16(20)21-4/h12-14H,5-11H2,1-4H3,(H,17,19)/t13?,14-/m1/s1. The minimum absolute atomic E-state index is 0.00191. The van der Waals surface area contributed by atoms with E-state index >= 15 is 0 Å². The SMILES string of the molecule is COC(=O)[C@H]1CCCCN1CC(=O)NC(C)CCC(C)C. The molecule has 0 bridgehead atoms. The molecule has 0 aromatic rings. The normalized spacial score (nSPS) is 21.1. The highest BCUT2D eigenvalue weighted by atomic mass is 16.5. The van der Waals surface area contributed by atoms with Crippen LogP contribution in [-0.2, 0) is 14.3 Å². The van der Waals surface area contributed by atoms with E-state index in [0.29, 0.717) is 5.92 Å². The molecule has 2 atom stereocenters. The molecule has 1 saturated heterocycles. The van der Waals surface area contributed by atoms with Crippen LogP contribution in [0.3, 0.4) is 0 Å². The van der Waals surface area contributed by atoms with Crippen molar-refractivity contribution in [3.63, 3.8) is 0 Å². The Kier molecular flexibility index (Phi) is 7.72. The van der Waals surface area contributed by atoms with Crippen molar-refractivity contribution in [2.45, 2.75) is 65.0 Å². The van der Waals surface area contributed by atoms with Gasteiger partial charge in [0, 0.05) is 6.04 Å². The van der Waals surface area contributed by atoms with Crippen molar-refractivity contribution in [2.75, 3.05) is 20.2 Å². The number of amides is 1. The van der Waals surface area contributed by atoms with Gasteiger partial charge in [-0.1, -0.05) is 20.3 Å². The van der Waals surface area contributed by atoms with Crippen molar-refractivity contribution in [3.05, 3.63) is 0 Å². The third-order valence-electron chi connectivity index (χ3n) is 4.02. The van der Waals surface area contributed by atoms with Crippen LogP contribution < -0.4 is 5.32 Å². The fourth-order valence-corrected chi connectivity index (χ4v) is 2.74. The monoisotopic (exact) mass is 298 g/mol. The molecule has 0 aromatic heterocycles. The number of hydrogen-bond donors (Lipinski definition) is 1. The Bertz CT molecular complexity index is 344. The molecule has 21 heavy (non-hydrogen) atoms. The highest BCUT2D eigenvalue weighted by Gasteiger charge is 2.30. The van der Waals surface area contributed by atoms with Crippen LogP contribution in [0.15, 0.2) is 0 Å². The Morgan fingerprint density at radius 2 is 1.95 bits per heavy atom. The van der Waals surface area contributed by atoms with Gasteiger partial charge in [-0.3, -0.25) is 14.5 Å². The average Bonchev–Trinajstić information content (AvgIpc) is 2.44. The second-order valence-electron chi connectivity index (χ2n) is 6.44. The first-order chi connectivity index (χ1) is 9.93. The van der Waals surface area contributed by atoms with E-state index in [-0.39, 0.29) is 30.5 Å². The van der Waals surface area contributed by atoms with Gasteiger partial charge in [0.05, 0.1) is 13.7 Å². The van der Waals surface area contributed by atoms with E-state index in [1.54, 1.807) is 0 Å². The molecule has 5 heteroatoms. The predicted molar refractivity (Wildman–Crippen MR) is 82.9 cm³/mol. The molecule has 0 saturated carbocycles. The molecular formula is C16H30N2O3. The van der Waals surface area contributed by atoms with E-state index in [4.69, 9.17) is 4.74 Å². The number of likely N-dealkylation sites (tertiary alicyclic amines) is 1. The van der Waals surface area contributed by atoms with Gasteiger partial charge in [0.25, 0.3) is 0 Å². The summed E-state index contributed by atoms with van der Waals surface area (Å²) in [6, 6.07) is -0.0817. The van der Waals surface area contributed by atoms with E-state index in [2.05, 4.69) is 19.2 Å². The summed E-state index contributed by atoms with van der Waals surface area (Å²) < 4.78 is 4.84. The number of nitrogens with one attached hydrogen (secondary N) is 1. The molecule has 1 fully saturated rings. The number of methoxy groups -OCH3 is 1. The lowest BCUT2D eigenvalue weighted by Crippen LogP contribution is -2.50. The molecule has 1 rings (SSSR count). The Balaban J connectivity index is 2.42. The van der Waals surface area contributed by atoms with Crippen molar-refractivity contribution in [1.82, 2.24) is 10.2 Å². The van der Waals surface area contributed by atoms with Crippen LogP contribution in [0.5, 0.6) is 0 Å². The summed E-state index contributed by atoms with van der Waals surface area (Å²) in [5.74, 6) is 0.424. The maximum Gasteiger partial charge on any atom is 0.323 e. The van der Waals surface area contributed by atoms with Gasteiger partial charge < -0.3 is 10.1 Å². The summed E-state index contributed by atoms with van der Waals surface area (Å²) in [4.78, 5) is 25.8. The predicted octanol–water partition coefficient (Wildman–Crippen LogP) is 1.95. The maximum absolute atomic E-state index is 12.1. The average molecular weight is 298 g/mol. The fourth-order valence-electron chi connectivity index (χ4n) is 2.74. The van der Waals surface area contributed by atoms with Crippen molar-refractivity contribution < 1.29 is 14.3 Å². The topological polar surface area (TPSA) is 58.6 Å². The lowest BCUT2D eigenvalue weighted by molar-refractivity contribution is -0.148.